The van der Waals surface area contributed by atoms with E-state index >= 15 is 0 Å². The Hall–Kier alpha value is -1.26. The van der Waals surface area contributed by atoms with Gasteiger partial charge in [-0.25, -0.2) is 4.79 Å². The standard InChI is InChI=1S/C14H21ClN2O2/c1-9-7-10(15)5-6-11(9)12(16)8-17-13(18)19-14(2,3)4/h5-7,12H,8,16H2,1-4H3,(H,17,18). The van der Waals surface area contributed by atoms with Crippen LogP contribution in [-0.2, 0) is 4.74 Å². The molecule has 0 saturated heterocycles. The van der Waals surface area contributed by atoms with E-state index in [1.807, 2.05) is 39.8 Å². The molecule has 0 aliphatic heterocycles. The van der Waals surface area contributed by atoms with Crippen LogP contribution < -0.4 is 11.1 Å². The summed E-state index contributed by atoms with van der Waals surface area (Å²) in [5, 5.41) is 3.33. The summed E-state index contributed by atoms with van der Waals surface area (Å²) in [6, 6.07) is 5.23. The van der Waals surface area contributed by atoms with Crippen molar-refractivity contribution in [3.8, 4) is 0 Å². The van der Waals surface area contributed by atoms with Crippen molar-refractivity contribution in [2.45, 2.75) is 39.3 Å². The molecular formula is C14H21ClN2O2. The van der Waals surface area contributed by atoms with Crippen LogP contribution in [0.25, 0.3) is 0 Å². The first-order valence-corrected chi connectivity index (χ1v) is 6.55. The van der Waals surface area contributed by atoms with Crippen LogP contribution in [0.15, 0.2) is 18.2 Å². The largest absolute Gasteiger partial charge is 0.444 e. The minimum Gasteiger partial charge on any atom is -0.444 e. The molecule has 4 nitrogen and oxygen atoms in total. The fraction of sp³-hybridized carbons (Fsp3) is 0.500. The summed E-state index contributed by atoms with van der Waals surface area (Å²) in [4.78, 5) is 11.5. The maximum atomic E-state index is 11.5. The van der Waals surface area contributed by atoms with Crippen LogP contribution >= 0.6 is 11.6 Å². The first-order chi connectivity index (χ1) is 8.69. The molecule has 1 unspecified atom stereocenters. The van der Waals surface area contributed by atoms with Crippen molar-refractivity contribution in [2.75, 3.05) is 6.54 Å². The number of nitrogens with two attached hydrogens (primary N) is 1. The topological polar surface area (TPSA) is 64.3 Å². The third-order valence-corrected chi connectivity index (χ3v) is 2.73. The Kier molecular flexibility index (Phi) is 5.20. The van der Waals surface area contributed by atoms with Crippen LogP contribution in [0.5, 0.6) is 0 Å². The van der Waals surface area contributed by atoms with Gasteiger partial charge < -0.3 is 15.8 Å². The molecule has 5 heteroatoms. The molecule has 3 N–H and O–H groups in total. The molecule has 0 radical (unpaired) electrons. The number of benzene rings is 1. The number of aryl methyl sites for hydroxylation is 1. The number of halogens is 1. The maximum Gasteiger partial charge on any atom is 0.407 e. The van der Waals surface area contributed by atoms with Gasteiger partial charge in [0.05, 0.1) is 0 Å². The van der Waals surface area contributed by atoms with E-state index in [2.05, 4.69) is 5.32 Å². The minimum absolute atomic E-state index is 0.287. The molecule has 106 valence electrons. The Morgan fingerprint density at radius 1 is 1.47 bits per heavy atom. The van der Waals surface area contributed by atoms with Gasteiger partial charge in [0.2, 0.25) is 0 Å². The number of ether oxygens (including phenoxy) is 1. The highest BCUT2D eigenvalue weighted by Gasteiger charge is 2.17. The lowest BCUT2D eigenvalue weighted by Crippen LogP contribution is -2.36. The monoisotopic (exact) mass is 284 g/mol. The summed E-state index contributed by atoms with van der Waals surface area (Å²) in [6.45, 7) is 7.70. The van der Waals surface area contributed by atoms with Gasteiger partial charge in [0.15, 0.2) is 0 Å². The molecule has 1 aromatic rings. The molecule has 0 bridgehead atoms. The molecule has 1 amide bonds. The van der Waals surface area contributed by atoms with Crippen LogP contribution in [0.1, 0.15) is 37.9 Å². The molecule has 1 aromatic carbocycles. The maximum absolute atomic E-state index is 11.5. The zero-order chi connectivity index (χ0) is 14.6. The van der Waals surface area contributed by atoms with Gasteiger partial charge in [-0.15, -0.1) is 0 Å². The number of hydrogen-bond acceptors (Lipinski definition) is 3. The molecule has 0 spiro atoms. The Morgan fingerprint density at radius 2 is 2.11 bits per heavy atom. The van der Waals surface area contributed by atoms with Crippen molar-refractivity contribution in [1.82, 2.24) is 5.32 Å². The number of nitrogens with one attached hydrogen (secondary N) is 1. The third-order valence-electron chi connectivity index (χ3n) is 2.50. The van der Waals surface area contributed by atoms with E-state index < -0.39 is 11.7 Å². The number of carbonyl (C=O) groups excluding carboxylic acids is 1. The predicted octanol–water partition coefficient (Wildman–Crippen LogP) is 3.17. The molecule has 0 aromatic heterocycles. The summed E-state index contributed by atoms with van der Waals surface area (Å²) in [7, 11) is 0. The van der Waals surface area contributed by atoms with E-state index in [9.17, 15) is 4.79 Å². The van der Waals surface area contributed by atoms with Crippen LogP contribution in [-0.4, -0.2) is 18.2 Å². The zero-order valence-electron chi connectivity index (χ0n) is 11.8. The van der Waals surface area contributed by atoms with Gasteiger partial charge in [-0.3, -0.25) is 0 Å². The second kappa shape index (κ2) is 6.26. The SMILES string of the molecule is Cc1cc(Cl)ccc1C(N)CNC(=O)OC(C)(C)C. The van der Waals surface area contributed by atoms with Crippen molar-refractivity contribution < 1.29 is 9.53 Å². The van der Waals surface area contributed by atoms with E-state index in [1.165, 1.54) is 0 Å². The average molecular weight is 285 g/mol. The zero-order valence-corrected chi connectivity index (χ0v) is 12.5. The number of rotatable bonds is 3. The predicted molar refractivity (Wildman–Crippen MR) is 77.4 cm³/mol. The van der Waals surface area contributed by atoms with Crippen LogP contribution in [0.3, 0.4) is 0 Å². The van der Waals surface area contributed by atoms with Crippen molar-refractivity contribution in [3.63, 3.8) is 0 Å². The second-order valence-electron chi connectivity index (χ2n) is 5.49. The number of alkyl carbamates (subject to hydrolysis) is 1. The van der Waals surface area contributed by atoms with E-state index in [1.54, 1.807) is 6.07 Å². The Labute approximate surface area is 119 Å². The smallest absolute Gasteiger partial charge is 0.407 e. The van der Waals surface area contributed by atoms with Gasteiger partial charge in [-0.1, -0.05) is 17.7 Å². The molecule has 19 heavy (non-hydrogen) atoms. The van der Waals surface area contributed by atoms with Crippen molar-refractivity contribution in [1.29, 1.82) is 0 Å². The van der Waals surface area contributed by atoms with Gasteiger partial charge in [0, 0.05) is 17.6 Å². The molecule has 1 rings (SSSR count). The van der Waals surface area contributed by atoms with Gasteiger partial charge in [-0.2, -0.15) is 0 Å². The second-order valence-corrected chi connectivity index (χ2v) is 5.93. The Bertz CT molecular complexity index is 455. The summed E-state index contributed by atoms with van der Waals surface area (Å²) < 4.78 is 5.15. The van der Waals surface area contributed by atoms with Crippen molar-refractivity contribution in [3.05, 3.63) is 34.3 Å². The molecule has 0 fully saturated rings. The third kappa shape index (κ3) is 5.49. The molecular weight excluding hydrogens is 264 g/mol. The highest BCUT2D eigenvalue weighted by atomic mass is 35.5. The number of carbonyl (C=O) groups is 1. The van der Waals surface area contributed by atoms with E-state index in [0.29, 0.717) is 11.6 Å². The highest BCUT2D eigenvalue weighted by molar-refractivity contribution is 6.30. The van der Waals surface area contributed by atoms with Crippen molar-refractivity contribution >= 4 is 17.7 Å². The van der Waals surface area contributed by atoms with Crippen molar-refractivity contribution in [2.24, 2.45) is 5.73 Å². The van der Waals surface area contributed by atoms with Crippen LogP contribution in [0.2, 0.25) is 5.02 Å². The first kappa shape index (κ1) is 15.8. The van der Waals surface area contributed by atoms with Crippen LogP contribution in [0, 0.1) is 6.92 Å². The lowest BCUT2D eigenvalue weighted by atomic mass is 10.0. The lowest BCUT2D eigenvalue weighted by Gasteiger charge is -2.21. The Balaban J connectivity index is 2.56. The summed E-state index contributed by atoms with van der Waals surface area (Å²) in [5.41, 5.74) is 7.50. The first-order valence-electron chi connectivity index (χ1n) is 6.17. The minimum atomic E-state index is -0.510. The van der Waals surface area contributed by atoms with E-state index in [4.69, 9.17) is 22.1 Å². The van der Waals surface area contributed by atoms with Gasteiger partial charge >= 0.3 is 6.09 Å². The summed E-state index contributed by atoms with van der Waals surface area (Å²) in [6.07, 6.45) is -0.463. The molecule has 1 atom stereocenters. The van der Waals surface area contributed by atoms with Crippen LogP contribution in [0.4, 0.5) is 4.79 Å². The summed E-state index contributed by atoms with van der Waals surface area (Å²) in [5.74, 6) is 0. The average Bonchev–Trinajstić information content (AvgIpc) is 2.23. The fourth-order valence-electron chi connectivity index (χ4n) is 1.67. The molecule has 0 heterocycles. The van der Waals surface area contributed by atoms with Gasteiger partial charge in [0.25, 0.3) is 0 Å². The number of hydrogen-bond donors (Lipinski definition) is 2. The molecule has 0 aliphatic carbocycles. The lowest BCUT2D eigenvalue weighted by molar-refractivity contribution is 0.0524. The fourth-order valence-corrected chi connectivity index (χ4v) is 1.90. The normalized spacial score (nSPS) is 12.9. The van der Waals surface area contributed by atoms with Gasteiger partial charge in [-0.05, 0) is 51.0 Å². The molecule has 0 aliphatic rings. The van der Waals surface area contributed by atoms with E-state index in [-0.39, 0.29) is 6.04 Å². The van der Waals surface area contributed by atoms with E-state index in [0.717, 1.165) is 11.1 Å². The molecule has 0 saturated carbocycles. The quantitative estimate of drug-likeness (QED) is 0.896. The highest BCUT2D eigenvalue weighted by Crippen LogP contribution is 2.19. The summed E-state index contributed by atoms with van der Waals surface area (Å²) >= 11 is 5.89. The van der Waals surface area contributed by atoms with Gasteiger partial charge in [0.1, 0.15) is 5.60 Å². The number of amides is 1. The Morgan fingerprint density at radius 3 is 2.63 bits per heavy atom.